The largest absolute Gasteiger partial charge is 0.293 e. The normalized spacial score (nSPS) is 12.7. The van der Waals surface area contributed by atoms with Gasteiger partial charge in [0.15, 0.2) is 10.9 Å². The van der Waals surface area contributed by atoms with E-state index in [1.807, 2.05) is 27.7 Å². The average molecular weight is 405 g/mol. The van der Waals surface area contributed by atoms with E-state index in [9.17, 15) is 14.0 Å². The minimum absolute atomic E-state index is 0.0687. The van der Waals surface area contributed by atoms with Crippen LogP contribution in [0.4, 0.5) is 4.39 Å². The first kappa shape index (κ1) is 19.8. The number of benzene rings is 1. The minimum Gasteiger partial charge on any atom is -0.293 e. The van der Waals surface area contributed by atoms with Crippen molar-refractivity contribution in [3.8, 4) is 0 Å². The highest BCUT2D eigenvalue weighted by Crippen LogP contribution is 2.31. The van der Waals surface area contributed by atoms with E-state index in [1.54, 1.807) is 11.5 Å². The molecule has 0 saturated heterocycles. The molecule has 2 aromatic heterocycles. The van der Waals surface area contributed by atoms with Crippen molar-refractivity contribution in [2.75, 3.05) is 0 Å². The van der Waals surface area contributed by atoms with Crippen molar-refractivity contribution in [3.05, 3.63) is 56.4 Å². The van der Waals surface area contributed by atoms with Gasteiger partial charge in [-0.3, -0.25) is 14.2 Å². The summed E-state index contributed by atoms with van der Waals surface area (Å²) in [5.41, 5.74) is 1.34. The van der Waals surface area contributed by atoms with Gasteiger partial charge in [0.05, 0.1) is 10.6 Å². The van der Waals surface area contributed by atoms with Crippen LogP contribution in [0.3, 0.4) is 0 Å². The van der Waals surface area contributed by atoms with Crippen LogP contribution in [0.5, 0.6) is 0 Å². The lowest BCUT2D eigenvalue weighted by Gasteiger charge is -2.17. The summed E-state index contributed by atoms with van der Waals surface area (Å²) >= 11 is 2.76. The second-order valence-corrected chi connectivity index (χ2v) is 9.27. The minimum atomic E-state index is -0.452. The summed E-state index contributed by atoms with van der Waals surface area (Å²) in [6.07, 6.45) is 0. The highest BCUT2D eigenvalue weighted by molar-refractivity contribution is 8.00. The molecule has 3 rings (SSSR count). The topological polar surface area (TPSA) is 52.0 Å². The SMILES string of the molecule is Cc1sc2nc(S[C@H](C)C(=O)c3ccc(F)cc3)n(C(C)C)c(=O)c2c1C. The number of carbonyl (C=O) groups excluding carboxylic acids is 1. The number of thiophene rings is 1. The molecule has 1 aromatic carbocycles. The number of Topliss-reactive ketones (excluding diaryl/α,β-unsaturated/α-hetero) is 1. The second-order valence-electron chi connectivity index (χ2n) is 6.76. The Kier molecular flexibility index (Phi) is 5.53. The van der Waals surface area contributed by atoms with E-state index in [-0.39, 0.29) is 23.2 Å². The third-order valence-corrected chi connectivity index (χ3v) is 6.67. The smallest absolute Gasteiger partial charge is 0.263 e. The molecule has 142 valence electrons. The van der Waals surface area contributed by atoms with E-state index in [1.165, 1.54) is 47.4 Å². The summed E-state index contributed by atoms with van der Waals surface area (Å²) in [5, 5.41) is 0.742. The fourth-order valence-electron chi connectivity index (χ4n) is 2.89. The van der Waals surface area contributed by atoms with Gasteiger partial charge in [-0.25, -0.2) is 9.37 Å². The van der Waals surface area contributed by atoms with E-state index in [4.69, 9.17) is 4.98 Å². The number of aromatic nitrogens is 2. The Morgan fingerprint density at radius 1 is 1.19 bits per heavy atom. The summed E-state index contributed by atoms with van der Waals surface area (Å²) in [7, 11) is 0. The van der Waals surface area contributed by atoms with E-state index < -0.39 is 5.25 Å². The highest BCUT2D eigenvalue weighted by atomic mass is 32.2. The zero-order valence-corrected chi connectivity index (χ0v) is 17.5. The van der Waals surface area contributed by atoms with Gasteiger partial charge in [0.2, 0.25) is 0 Å². The lowest BCUT2D eigenvalue weighted by Crippen LogP contribution is -2.26. The van der Waals surface area contributed by atoms with E-state index in [2.05, 4.69) is 0 Å². The van der Waals surface area contributed by atoms with Gasteiger partial charge in [-0.05, 0) is 64.4 Å². The molecule has 1 atom stereocenters. The molecule has 4 nitrogen and oxygen atoms in total. The molecule has 0 aliphatic rings. The summed E-state index contributed by atoms with van der Waals surface area (Å²) in [4.78, 5) is 32.2. The monoisotopic (exact) mass is 404 g/mol. The molecule has 0 aliphatic heterocycles. The molecule has 7 heteroatoms. The maximum Gasteiger partial charge on any atom is 0.263 e. The van der Waals surface area contributed by atoms with Gasteiger partial charge in [0, 0.05) is 16.5 Å². The second kappa shape index (κ2) is 7.56. The third kappa shape index (κ3) is 3.71. The maximum atomic E-state index is 13.1. The van der Waals surface area contributed by atoms with Crippen LogP contribution in [0.25, 0.3) is 10.2 Å². The van der Waals surface area contributed by atoms with Crippen molar-refractivity contribution in [1.82, 2.24) is 9.55 Å². The van der Waals surface area contributed by atoms with Crippen LogP contribution in [0.1, 0.15) is 47.6 Å². The van der Waals surface area contributed by atoms with Crippen molar-refractivity contribution in [1.29, 1.82) is 0 Å². The number of carbonyl (C=O) groups is 1. The number of halogens is 1. The number of hydrogen-bond acceptors (Lipinski definition) is 5. The number of hydrogen-bond donors (Lipinski definition) is 0. The molecule has 0 amide bonds. The Labute approximate surface area is 165 Å². The highest BCUT2D eigenvalue weighted by Gasteiger charge is 2.23. The predicted molar refractivity (Wildman–Crippen MR) is 110 cm³/mol. The first-order valence-corrected chi connectivity index (χ1v) is 10.4. The number of thioether (sulfide) groups is 1. The Morgan fingerprint density at radius 2 is 1.81 bits per heavy atom. The number of rotatable bonds is 5. The van der Waals surface area contributed by atoms with E-state index in [0.29, 0.717) is 20.9 Å². The van der Waals surface area contributed by atoms with Gasteiger partial charge in [-0.15, -0.1) is 11.3 Å². The van der Waals surface area contributed by atoms with Crippen molar-refractivity contribution < 1.29 is 9.18 Å². The predicted octanol–water partition coefficient (Wildman–Crippen LogP) is 5.16. The molecule has 0 unspecified atom stereocenters. The van der Waals surface area contributed by atoms with Crippen LogP contribution in [-0.4, -0.2) is 20.6 Å². The zero-order valence-electron chi connectivity index (χ0n) is 15.9. The number of ketones is 1. The molecule has 0 N–H and O–H groups in total. The van der Waals surface area contributed by atoms with Gasteiger partial charge in [0.25, 0.3) is 5.56 Å². The number of nitrogens with zero attached hydrogens (tertiary/aromatic N) is 2. The summed E-state index contributed by atoms with van der Waals surface area (Å²) in [5.74, 6) is -0.501. The van der Waals surface area contributed by atoms with Gasteiger partial charge >= 0.3 is 0 Å². The lowest BCUT2D eigenvalue weighted by molar-refractivity contribution is 0.0993. The molecular formula is C20H21FN2O2S2. The van der Waals surface area contributed by atoms with Crippen LogP contribution in [0.2, 0.25) is 0 Å². The van der Waals surface area contributed by atoms with Crippen molar-refractivity contribution >= 4 is 39.1 Å². The van der Waals surface area contributed by atoms with Gasteiger partial charge in [0.1, 0.15) is 10.6 Å². The molecule has 27 heavy (non-hydrogen) atoms. The number of aryl methyl sites for hydroxylation is 2. The Bertz CT molecular complexity index is 1070. The first-order chi connectivity index (χ1) is 12.7. The maximum absolute atomic E-state index is 13.1. The van der Waals surface area contributed by atoms with Crippen LogP contribution >= 0.6 is 23.1 Å². The zero-order chi connectivity index (χ0) is 19.9. The fourth-order valence-corrected chi connectivity index (χ4v) is 5.07. The molecule has 3 aromatic rings. The summed E-state index contributed by atoms with van der Waals surface area (Å²) in [6, 6.07) is 5.43. The van der Waals surface area contributed by atoms with Gasteiger partial charge in [-0.2, -0.15) is 0 Å². The standard InChI is InChI=1S/C20H21FN2O2S2/c1-10(2)23-19(25)16-11(3)12(4)26-18(16)22-20(23)27-13(5)17(24)14-6-8-15(21)9-7-14/h6-10,13H,1-5H3/t13-/m1/s1. The van der Waals surface area contributed by atoms with E-state index in [0.717, 1.165) is 10.4 Å². The molecule has 0 aliphatic carbocycles. The van der Waals surface area contributed by atoms with E-state index >= 15 is 0 Å². The van der Waals surface area contributed by atoms with Crippen molar-refractivity contribution in [2.24, 2.45) is 0 Å². The number of fused-ring (bicyclic) bond motifs is 1. The quantitative estimate of drug-likeness (QED) is 0.335. The Morgan fingerprint density at radius 3 is 2.41 bits per heavy atom. The van der Waals surface area contributed by atoms with Crippen molar-refractivity contribution in [3.63, 3.8) is 0 Å². The molecule has 2 heterocycles. The fraction of sp³-hybridized carbons (Fsp3) is 0.350. The van der Waals surface area contributed by atoms with Gasteiger partial charge in [-0.1, -0.05) is 11.8 Å². The molecule has 0 spiro atoms. The Balaban J connectivity index is 2.03. The van der Waals surface area contributed by atoms with Crippen LogP contribution < -0.4 is 5.56 Å². The van der Waals surface area contributed by atoms with Crippen LogP contribution in [0.15, 0.2) is 34.2 Å². The van der Waals surface area contributed by atoms with Crippen LogP contribution in [0, 0.1) is 19.7 Å². The van der Waals surface area contributed by atoms with Crippen molar-refractivity contribution in [2.45, 2.75) is 51.1 Å². The molecule has 0 saturated carbocycles. The van der Waals surface area contributed by atoms with Gasteiger partial charge < -0.3 is 0 Å². The molecular weight excluding hydrogens is 383 g/mol. The Hall–Kier alpha value is -1.99. The first-order valence-electron chi connectivity index (χ1n) is 8.69. The summed E-state index contributed by atoms with van der Waals surface area (Å²) in [6.45, 7) is 9.56. The average Bonchev–Trinajstić information content (AvgIpc) is 2.89. The molecule has 0 radical (unpaired) electrons. The molecule has 0 fully saturated rings. The summed E-state index contributed by atoms with van der Waals surface area (Å²) < 4.78 is 14.8. The molecule has 0 bridgehead atoms. The van der Waals surface area contributed by atoms with Crippen LogP contribution in [-0.2, 0) is 0 Å². The lowest BCUT2D eigenvalue weighted by atomic mass is 10.1. The third-order valence-electron chi connectivity index (χ3n) is 4.50.